The zero-order valence-electron chi connectivity index (χ0n) is 52.8. The van der Waals surface area contributed by atoms with Gasteiger partial charge >= 0.3 is 18.2 Å². The summed E-state index contributed by atoms with van der Waals surface area (Å²) in [5.41, 5.74) is 0.516. The molecule has 1 saturated carbocycles. The molecule has 5 rings (SSSR count). The van der Waals surface area contributed by atoms with Crippen molar-refractivity contribution < 1.29 is 55.0 Å². The van der Waals surface area contributed by atoms with Gasteiger partial charge < -0.3 is 38.1 Å². The maximum atomic E-state index is 13.8. The highest BCUT2D eigenvalue weighted by atomic mass is 28.4. The van der Waals surface area contributed by atoms with Crippen molar-refractivity contribution in [2.75, 3.05) is 18.5 Å². The van der Waals surface area contributed by atoms with Crippen LogP contribution in [0.5, 0.6) is 5.75 Å². The van der Waals surface area contributed by atoms with Gasteiger partial charge in [-0.3, -0.25) is 14.6 Å². The molecule has 0 spiro atoms. The zero-order chi connectivity index (χ0) is 62.0. The van der Waals surface area contributed by atoms with Gasteiger partial charge in [-0.15, -0.1) is 0 Å². The fraction of sp³-hybridized carbons (Fsp3) is 0.569. The third-order valence-electron chi connectivity index (χ3n) is 16.9. The van der Waals surface area contributed by atoms with E-state index in [1.165, 1.54) is 6.07 Å². The maximum absolute atomic E-state index is 13.8. The number of amides is 2. The molecule has 1 aliphatic rings. The highest BCUT2D eigenvalue weighted by molar-refractivity contribution is 6.75. The lowest BCUT2D eigenvalue weighted by Gasteiger charge is -2.40. The molecule has 12 nitrogen and oxygen atoms in total. The summed E-state index contributed by atoms with van der Waals surface area (Å²) in [6, 6.07) is 19.6. The topological polar surface area (TPSA) is 144 Å². The van der Waals surface area contributed by atoms with Crippen molar-refractivity contribution in [3.8, 4) is 5.75 Å². The molecule has 0 aliphatic heterocycles. The van der Waals surface area contributed by atoms with E-state index in [0.29, 0.717) is 36.9 Å². The number of alkyl halides is 3. The molecule has 2 amide bonds. The zero-order valence-corrected chi connectivity index (χ0v) is 55.8. The Kier molecular flexibility index (Phi) is 23.1. The van der Waals surface area contributed by atoms with Crippen LogP contribution >= 0.6 is 0 Å². The van der Waals surface area contributed by atoms with Gasteiger partial charge in [0.1, 0.15) is 24.6 Å². The fourth-order valence-corrected chi connectivity index (χ4v) is 13.0. The van der Waals surface area contributed by atoms with E-state index >= 15 is 0 Å². The summed E-state index contributed by atoms with van der Waals surface area (Å²) >= 11 is 0. The second-order valence-corrected chi connectivity index (χ2v) is 42.1. The van der Waals surface area contributed by atoms with Gasteiger partial charge in [0.25, 0.3) is 0 Å². The number of nitrogens with zero attached hydrogens (tertiary/aromatic N) is 1. The van der Waals surface area contributed by atoms with Gasteiger partial charge in [0.05, 0.1) is 29.8 Å². The Hall–Kier alpha value is -5.12. The Bertz CT molecular complexity index is 2850. The van der Waals surface area contributed by atoms with Crippen molar-refractivity contribution in [1.82, 2.24) is 10.3 Å². The SMILES string of the molecule is CC(C)(C)OC(=O)NCC(C(=O)Nc1ccc2cnccc2c1)c1ccc(COC(=O)CCC/C=C\CC2C(O[Si](C)(C)C(C)(C)C)CC(O[Si](C)(C)C(C)(C)C)[C@@H]2/C=C/[C@H](COc2cccc(C(F)(F)F)c2)O[Si](C)(C)C(C)(C)C)cc1. The highest BCUT2D eigenvalue weighted by Gasteiger charge is 2.51. The molecule has 1 aromatic heterocycles. The van der Waals surface area contributed by atoms with E-state index < -0.39 is 60.4 Å². The van der Waals surface area contributed by atoms with Crippen LogP contribution in [0.25, 0.3) is 10.8 Å². The van der Waals surface area contributed by atoms with Crippen molar-refractivity contribution in [2.45, 2.75) is 212 Å². The number of allylic oxidation sites excluding steroid dienone is 2. The number of carbonyl (C=O) groups excluding carboxylic acids is 3. The van der Waals surface area contributed by atoms with Crippen molar-refractivity contribution in [1.29, 1.82) is 0 Å². The van der Waals surface area contributed by atoms with Crippen molar-refractivity contribution in [2.24, 2.45) is 11.8 Å². The first-order valence-electron chi connectivity index (χ1n) is 29.3. The molecule has 6 atom stereocenters. The van der Waals surface area contributed by atoms with Gasteiger partial charge in [0, 0.05) is 42.4 Å². The average Bonchev–Trinajstić information content (AvgIpc) is 3.31. The molecule has 83 heavy (non-hydrogen) atoms. The largest absolute Gasteiger partial charge is 0.491 e. The number of fused-ring (bicyclic) bond motifs is 1. The first kappa shape index (κ1) is 68.7. The Morgan fingerprint density at radius 1 is 0.747 bits per heavy atom. The number of rotatable bonds is 24. The lowest BCUT2D eigenvalue weighted by atomic mass is 9.89. The van der Waals surface area contributed by atoms with Crippen LogP contribution in [-0.4, -0.2) is 85.0 Å². The number of alkyl carbamates (subject to hydrolysis) is 1. The van der Waals surface area contributed by atoms with E-state index in [1.54, 1.807) is 51.4 Å². The fourth-order valence-electron chi connectivity index (χ4n) is 8.98. The van der Waals surface area contributed by atoms with E-state index in [4.69, 9.17) is 27.5 Å². The monoisotopic (exact) mass is 1200 g/mol. The normalized spacial score (nSPS) is 18.6. The standard InChI is InChI=1S/C65H96F3N3O9Si3/c1-61(2,3)77-60(74)70-42-55(59(73)71-50-33-32-48-41-69-37-36-47(48)38-50)46-30-28-45(29-31-46)43-76-58(72)27-22-20-19-21-26-53-54(57(80-83(17,18)64(10,11)12)40-56(53)79-82(15,16)63(7,8)9)35-34-52(78-81(13,14)62(4,5)6)44-75-51-25-23-24-49(39-51)65(66,67)68/h19,21,23-25,28-39,41,52-57H,20,22,26-27,40,42-44H2,1-18H3,(H,70,74)(H,71,73)/b21-19-,35-34+/t52-,53?,54-,55?,56?,57?/m1/s1. The van der Waals surface area contributed by atoms with Crippen molar-refractivity contribution >= 4 is 59.4 Å². The Morgan fingerprint density at radius 3 is 2.00 bits per heavy atom. The third-order valence-corrected chi connectivity index (χ3v) is 30.4. The quantitative estimate of drug-likeness (QED) is 0.0301. The summed E-state index contributed by atoms with van der Waals surface area (Å²) < 4.78 is 80.3. The van der Waals surface area contributed by atoms with Crippen LogP contribution in [0.1, 0.15) is 138 Å². The van der Waals surface area contributed by atoms with Crippen LogP contribution in [0.15, 0.2) is 109 Å². The van der Waals surface area contributed by atoms with Gasteiger partial charge in [0.2, 0.25) is 5.91 Å². The molecule has 18 heteroatoms. The minimum Gasteiger partial charge on any atom is -0.491 e. The van der Waals surface area contributed by atoms with Gasteiger partial charge in [-0.05, 0) is 160 Å². The van der Waals surface area contributed by atoms with E-state index in [0.717, 1.165) is 28.5 Å². The number of hydrogen-bond acceptors (Lipinski definition) is 10. The van der Waals surface area contributed by atoms with E-state index in [1.807, 2.05) is 36.4 Å². The smallest absolute Gasteiger partial charge is 0.416 e. The number of pyridine rings is 1. The first-order chi connectivity index (χ1) is 38.2. The van der Waals surface area contributed by atoms with Gasteiger partial charge in [-0.2, -0.15) is 13.2 Å². The van der Waals surface area contributed by atoms with E-state index in [-0.39, 0.29) is 83.0 Å². The van der Waals surface area contributed by atoms with Crippen LogP contribution < -0.4 is 15.4 Å². The molecular formula is C65H96F3N3O9Si3. The molecule has 2 N–H and O–H groups in total. The van der Waals surface area contributed by atoms with Crippen LogP contribution in [0, 0.1) is 11.8 Å². The van der Waals surface area contributed by atoms with Crippen molar-refractivity contribution in [3.05, 3.63) is 126 Å². The number of aromatic nitrogens is 1. The van der Waals surface area contributed by atoms with Gasteiger partial charge in [0.15, 0.2) is 25.0 Å². The minimum atomic E-state index is -4.51. The molecular weight excluding hydrogens is 1110 g/mol. The summed E-state index contributed by atoms with van der Waals surface area (Å²) in [6.45, 7) is 38.8. The van der Waals surface area contributed by atoms with Crippen LogP contribution in [0.2, 0.25) is 54.4 Å². The number of hydrogen-bond donors (Lipinski definition) is 2. The first-order valence-corrected chi connectivity index (χ1v) is 38.0. The highest BCUT2D eigenvalue weighted by Crippen LogP contribution is 2.48. The van der Waals surface area contributed by atoms with E-state index in [2.05, 4.69) is 142 Å². The molecule has 1 fully saturated rings. The number of carbonyl (C=O) groups is 3. The number of esters is 1. The number of anilines is 1. The summed E-state index contributed by atoms with van der Waals surface area (Å²) in [4.78, 5) is 43.8. The predicted octanol–water partition coefficient (Wildman–Crippen LogP) is 17.1. The molecule has 0 saturated heterocycles. The molecule has 0 radical (unpaired) electrons. The molecule has 4 unspecified atom stereocenters. The van der Waals surface area contributed by atoms with Gasteiger partial charge in [-0.25, -0.2) is 4.79 Å². The number of ether oxygens (including phenoxy) is 3. The Labute approximate surface area is 496 Å². The van der Waals surface area contributed by atoms with E-state index in [9.17, 15) is 27.6 Å². The summed E-state index contributed by atoms with van der Waals surface area (Å²) in [7, 11) is -7.01. The number of halogens is 3. The summed E-state index contributed by atoms with van der Waals surface area (Å²) in [5, 5.41) is 7.36. The number of benzene rings is 3. The molecule has 4 aromatic rings. The van der Waals surface area contributed by atoms with Crippen molar-refractivity contribution in [3.63, 3.8) is 0 Å². The number of unbranched alkanes of at least 4 members (excludes halogenated alkanes) is 1. The lowest BCUT2D eigenvalue weighted by Crippen LogP contribution is -2.45. The van der Waals surface area contributed by atoms with Crippen LogP contribution in [0.3, 0.4) is 0 Å². The third kappa shape index (κ3) is 20.5. The van der Waals surface area contributed by atoms with Crippen LogP contribution in [0.4, 0.5) is 23.7 Å². The van der Waals surface area contributed by atoms with Gasteiger partial charge in [-0.1, -0.05) is 123 Å². The molecule has 3 aromatic carbocycles. The lowest BCUT2D eigenvalue weighted by molar-refractivity contribution is -0.145. The summed E-state index contributed by atoms with van der Waals surface area (Å²) in [5.74, 6) is -1.35. The predicted molar refractivity (Wildman–Crippen MR) is 335 cm³/mol. The second-order valence-electron chi connectivity index (χ2n) is 27.8. The molecule has 1 aliphatic carbocycles. The summed E-state index contributed by atoms with van der Waals surface area (Å²) in [6.07, 6.45) is 8.94. The minimum absolute atomic E-state index is 0.0163. The number of nitrogens with one attached hydrogen (secondary N) is 2. The second kappa shape index (κ2) is 27.9. The maximum Gasteiger partial charge on any atom is 0.416 e. The average molecular weight is 1200 g/mol. The molecule has 458 valence electrons. The van der Waals surface area contributed by atoms with Crippen LogP contribution in [-0.2, 0) is 45.1 Å². The molecule has 0 bridgehead atoms. The Morgan fingerprint density at radius 2 is 1.39 bits per heavy atom. The molecule has 1 heterocycles. The Balaban J connectivity index is 1.30.